The van der Waals surface area contributed by atoms with Crippen molar-refractivity contribution in [2.45, 2.75) is 19.2 Å². The van der Waals surface area contributed by atoms with Crippen molar-refractivity contribution in [2.75, 3.05) is 11.9 Å². The minimum absolute atomic E-state index is 0.116. The topological polar surface area (TPSA) is 99.9 Å². The Hall–Kier alpha value is -2.62. The average Bonchev–Trinajstić information content (AvgIpc) is 2.88. The lowest BCUT2D eigenvalue weighted by atomic mass is 10.2. The molecule has 0 bridgehead atoms. The van der Waals surface area contributed by atoms with E-state index in [-0.39, 0.29) is 5.95 Å². The van der Waals surface area contributed by atoms with Crippen molar-refractivity contribution in [1.29, 1.82) is 0 Å². The Labute approximate surface area is 126 Å². The molecule has 10 heteroatoms. The van der Waals surface area contributed by atoms with Gasteiger partial charge in [0, 0.05) is 6.42 Å². The van der Waals surface area contributed by atoms with Crippen molar-refractivity contribution in [3.05, 3.63) is 45.1 Å². The first-order chi connectivity index (χ1) is 10.8. The van der Waals surface area contributed by atoms with Gasteiger partial charge in [0.2, 0.25) is 5.95 Å². The Kier molecular flexibility index (Phi) is 3.68. The number of rotatable bonds is 2. The number of pyridine rings is 1. The molecule has 0 saturated heterocycles. The largest absolute Gasteiger partial charge is 0.431 e. The second-order valence-electron chi connectivity index (χ2n) is 4.88. The highest BCUT2D eigenvalue weighted by atomic mass is 19.4. The molecule has 0 saturated carbocycles. The van der Waals surface area contributed by atoms with E-state index in [0.717, 1.165) is 11.8 Å². The summed E-state index contributed by atoms with van der Waals surface area (Å²) in [6.45, 7) is 0.850. The van der Waals surface area contributed by atoms with E-state index in [2.05, 4.69) is 15.3 Å². The maximum absolute atomic E-state index is 12.5. The first kappa shape index (κ1) is 15.3. The second kappa shape index (κ2) is 5.54. The van der Waals surface area contributed by atoms with E-state index in [1.54, 1.807) is 4.98 Å². The fraction of sp³-hybridized carbons (Fsp3) is 0.308. The van der Waals surface area contributed by atoms with Crippen molar-refractivity contribution in [3.8, 4) is 0 Å². The minimum Gasteiger partial charge on any atom is -0.375 e. The van der Waals surface area contributed by atoms with Gasteiger partial charge in [-0.2, -0.15) is 13.2 Å². The molecule has 3 N–H and O–H groups in total. The van der Waals surface area contributed by atoms with Gasteiger partial charge in [-0.05, 0) is 12.1 Å². The molecule has 1 aliphatic rings. The molecule has 23 heavy (non-hydrogen) atoms. The van der Waals surface area contributed by atoms with Crippen LogP contribution in [-0.2, 0) is 23.9 Å². The number of carbonyl (C=O) groups excluding carboxylic acids is 1. The molecule has 7 nitrogen and oxygen atoms in total. The van der Waals surface area contributed by atoms with Crippen LogP contribution in [0.4, 0.5) is 19.1 Å². The van der Waals surface area contributed by atoms with Gasteiger partial charge in [-0.3, -0.25) is 14.9 Å². The lowest BCUT2D eigenvalue weighted by molar-refractivity contribution is -0.141. The van der Waals surface area contributed by atoms with E-state index in [1.165, 1.54) is 0 Å². The van der Waals surface area contributed by atoms with Gasteiger partial charge in [-0.1, -0.05) is 0 Å². The Morgan fingerprint density at radius 1 is 1.30 bits per heavy atom. The number of anilines is 1. The number of hydrogen-bond acceptors (Lipinski definition) is 4. The SMILES string of the molecule is O=C(Nc1nc2c([nH]1)COCC2)c1ccc(C(F)(F)F)[nH]c1=O. The van der Waals surface area contributed by atoms with Gasteiger partial charge in [0.25, 0.3) is 11.5 Å². The van der Waals surface area contributed by atoms with Crippen molar-refractivity contribution in [3.63, 3.8) is 0 Å². The molecule has 0 atom stereocenters. The molecular weight excluding hydrogens is 317 g/mol. The fourth-order valence-corrected chi connectivity index (χ4v) is 2.17. The number of fused-ring (bicyclic) bond motifs is 1. The minimum atomic E-state index is -4.69. The van der Waals surface area contributed by atoms with Gasteiger partial charge in [-0.15, -0.1) is 0 Å². The lowest BCUT2D eigenvalue weighted by Gasteiger charge is -2.08. The number of nitrogens with zero attached hydrogens (tertiary/aromatic N) is 1. The van der Waals surface area contributed by atoms with Crippen molar-refractivity contribution < 1.29 is 22.7 Å². The zero-order valence-electron chi connectivity index (χ0n) is 11.6. The molecule has 0 aromatic carbocycles. The maximum atomic E-state index is 12.5. The summed E-state index contributed by atoms with van der Waals surface area (Å²) in [7, 11) is 0. The van der Waals surface area contributed by atoms with Crippen LogP contribution in [0.25, 0.3) is 0 Å². The zero-order valence-corrected chi connectivity index (χ0v) is 11.6. The number of aromatic nitrogens is 3. The summed E-state index contributed by atoms with van der Waals surface area (Å²) in [6.07, 6.45) is -4.10. The third kappa shape index (κ3) is 3.11. The smallest absolute Gasteiger partial charge is 0.375 e. The Morgan fingerprint density at radius 3 is 2.74 bits per heavy atom. The molecule has 0 fully saturated rings. The van der Waals surface area contributed by atoms with Crippen LogP contribution in [-0.4, -0.2) is 27.5 Å². The first-order valence-corrected chi connectivity index (χ1v) is 6.62. The average molecular weight is 328 g/mol. The summed E-state index contributed by atoms with van der Waals surface area (Å²) in [5.74, 6) is -0.739. The number of aromatic amines is 2. The maximum Gasteiger partial charge on any atom is 0.431 e. The molecule has 2 aromatic heterocycles. The van der Waals surface area contributed by atoms with Crippen molar-refractivity contribution in [2.24, 2.45) is 0 Å². The lowest BCUT2D eigenvalue weighted by Crippen LogP contribution is -2.26. The highest BCUT2D eigenvalue weighted by Crippen LogP contribution is 2.26. The van der Waals surface area contributed by atoms with Crippen LogP contribution in [0.3, 0.4) is 0 Å². The third-order valence-electron chi connectivity index (χ3n) is 3.29. The number of nitrogens with one attached hydrogen (secondary N) is 3. The molecule has 3 rings (SSSR count). The number of halogens is 3. The predicted octanol–water partition coefficient (Wildman–Crippen LogP) is 1.44. The van der Waals surface area contributed by atoms with Crippen LogP contribution >= 0.6 is 0 Å². The molecule has 122 valence electrons. The number of amides is 1. The molecule has 1 amide bonds. The highest BCUT2D eigenvalue weighted by molar-refractivity contribution is 6.03. The van der Waals surface area contributed by atoms with E-state index in [9.17, 15) is 22.8 Å². The first-order valence-electron chi connectivity index (χ1n) is 6.62. The van der Waals surface area contributed by atoms with Gasteiger partial charge >= 0.3 is 6.18 Å². The van der Waals surface area contributed by atoms with Gasteiger partial charge < -0.3 is 14.7 Å². The number of alkyl halides is 3. The van der Waals surface area contributed by atoms with Gasteiger partial charge in [0.15, 0.2) is 0 Å². The van der Waals surface area contributed by atoms with E-state index in [0.29, 0.717) is 31.4 Å². The van der Waals surface area contributed by atoms with Crippen LogP contribution in [0, 0.1) is 0 Å². The normalized spacial score (nSPS) is 14.4. The summed E-state index contributed by atoms with van der Waals surface area (Å²) >= 11 is 0. The Balaban J connectivity index is 1.81. The molecular formula is C13H11F3N4O3. The number of imidazole rings is 1. The van der Waals surface area contributed by atoms with E-state index in [4.69, 9.17) is 4.74 Å². The van der Waals surface area contributed by atoms with Gasteiger partial charge in [0.1, 0.15) is 11.3 Å². The fourth-order valence-electron chi connectivity index (χ4n) is 2.17. The monoisotopic (exact) mass is 328 g/mol. The van der Waals surface area contributed by atoms with Crippen LogP contribution < -0.4 is 10.9 Å². The quantitative estimate of drug-likeness (QED) is 0.777. The molecule has 2 aromatic rings. The summed E-state index contributed by atoms with van der Waals surface area (Å²) in [4.78, 5) is 32.3. The molecule has 0 unspecified atom stereocenters. The number of ether oxygens (including phenoxy) is 1. The molecule has 0 aliphatic carbocycles. The number of carbonyl (C=O) groups is 1. The molecule has 3 heterocycles. The van der Waals surface area contributed by atoms with Crippen LogP contribution in [0.2, 0.25) is 0 Å². The molecule has 0 spiro atoms. The Bertz CT molecular complexity index is 786. The van der Waals surface area contributed by atoms with Crippen LogP contribution in [0.15, 0.2) is 16.9 Å². The Morgan fingerprint density at radius 2 is 2.09 bits per heavy atom. The molecule has 1 aliphatic heterocycles. The summed E-state index contributed by atoms with van der Waals surface area (Å²) in [6, 6.07) is 1.46. The second-order valence-corrected chi connectivity index (χ2v) is 4.88. The van der Waals surface area contributed by atoms with E-state index >= 15 is 0 Å². The standard InChI is InChI=1S/C13H11F3N4O3/c14-13(15,16)9-2-1-6(10(21)19-9)11(22)20-12-17-7-3-4-23-5-8(7)18-12/h1-2H,3-5H2,(H,19,21)(H2,17,18,20,22). The van der Waals surface area contributed by atoms with Crippen molar-refractivity contribution in [1.82, 2.24) is 15.0 Å². The molecule has 0 radical (unpaired) electrons. The summed E-state index contributed by atoms with van der Waals surface area (Å²) in [5, 5.41) is 2.35. The van der Waals surface area contributed by atoms with Crippen LogP contribution in [0.1, 0.15) is 27.4 Å². The van der Waals surface area contributed by atoms with Gasteiger partial charge in [-0.25, -0.2) is 4.98 Å². The number of hydrogen-bond donors (Lipinski definition) is 3. The summed E-state index contributed by atoms with van der Waals surface area (Å²) < 4.78 is 42.7. The number of H-pyrrole nitrogens is 2. The highest BCUT2D eigenvalue weighted by Gasteiger charge is 2.32. The van der Waals surface area contributed by atoms with E-state index in [1.807, 2.05) is 0 Å². The summed E-state index contributed by atoms with van der Waals surface area (Å²) in [5.41, 5.74) is -1.33. The van der Waals surface area contributed by atoms with Crippen LogP contribution in [0.5, 0.6) is 0 Å². The van der Waals surface area contributed by atoms with Gasteiger partial charge in [0.05, 0.1) is 24.6 Å². The third-order valence-corrected chi connectivity index (χ3v) is 3.29. The zero-order chi connectivity index (χ0) is 16.6. The predicted molar refractivity (Wildman–Crippen MR) is 72.0 cm³/mol. The van der Waals surface area contributed by atoms with Crippen molar-refractivity contribution >= 4 is 11.9 Å². The van der Waals surface area contributed by atoms with E-state index < -0.39 is 28.9 Å².